The lowest BCUT2D eigenvalue weighted by molar-refractivity contribution is 0.304. The van der Waals surface area contributed by atoms with E-state index in [4.69, 9.17) is 4.74 Å². The molecule has 0 spiro atoms. The zero-order valence-electron chi connectivity index (χ0n) is 5.23. The first kappa shape index (κ1) is 6.87. The first-order valence-electron chi connectivity index (χ1n) is 2.78. The van der Waals surface area contributed by atoms with Gasteiger partial charge in [-0.15, -0.1) is 0 Å². The number of ether oxygens (including phenoxy) is 1. The third-order valence-corrected chi connectivity index (χ3v) is 1.87. The van der Waals surface area contributed by atoms with Gasteiger partial charge < -0.3 is 4.74 Å². The van der Waals surface area contributed by atoms with E-state index in [1.807, 2.05) is 6.08 Å². The van der Waals surface area contributed by atoms with E-state index in [1.165, 1.54) is 0 Å². The minimum atomic E-state index is 0.904. The van der Waals surface area contributed by atoms with Gasteiger partial charge in [-0.25, -0.2) is 0 Å². The molecule has 1 aliphatic rings. The number of hydrogen-bond acceptors (Lipinski definition) is 1. The molecule has 9 heavy (non-hydrogen) atoms. The van der Waals surface area contributed by atoms with Crippen LogP contribution in [0.4, 0.5) is 0 Å². The predicted octanol–water partition coefficient (Wildman–Crippen LogP) is 2.40. The first-order chi connectivity index (χ1) is 4.34. The molecule has 1 radical (unpaired) electrons. The SMILES string of the molecule is COC1=C(Br)[CH]CC=C1. The number of methoxy groups -OCH3 is 1. The average Bonchev–Trinajstić information content (AvgIpc) is 1.89. The van der Waals surface area contributed by atoms with Gasteiger partial charge in [0.15, 0.2) is 0 Å². The quantitative estimate of drug-likeness (QED) is 0.613. The summed E-state index contributed by atoms with van der Waals surface area (Å²) in [6, 6.07) is 0. The number of hydrogen-bond donors (Lipinski definition) is 0. The second-order valence-electron chi connectivity index (χ2n) is 1.76. The van der Waals surface area contributed by atoms with Gasteiger partial charge in [-0.3, -0.25) is 0 Å². The van der Waals surface area contributed by atoms with Crippen LogP contribution in [0.3, 0.4) is 0 Å². The fourth-order valence-corrected chi connectivity index (χ4v) is 1.17. The molecule has 0 aromatic heterocycles. The smallest absolute Gasteiger partial charge is 0.128 e. The second kappa shape index (κ2) is 3.06. The Morgan fingerprint density at radius 1 is 1.67 bits per heavy atom. The maximum absolute atomic E-state index is 5.02. The highest BCUT2D eigenvalue weighted by Crippen LogP contribution is 2.22. The summed E-state index contributed by atoms with van der Waals surface area (Å²) in [6.07, 6.45) is 7.08. The number of rotatable bonds is 1. The molecular weight excluding hydrogens is 180 g/mol. The standard InChI is InChI=1S/C7H8BrO/c1-9-7-5-3-2-4-6(7)8/h3-5H,2H2,1H3. The highest BCUT2D eigenvalue weighted by molar-refractivity contribution is 9.11. The van der Waals surface area contributed by atoms with Gasteiger partial charge in [-0.1, -0.05) is 22.0 Å². The van der Waals surface area contributed by atoms with Gasteiger partial charge in [-0.2, -0.15) is 0 Å². The van der Waals surface area contributed by atoms with Crippen LogP contribution in [-0.2, 0) is 4.74 Å². The minimum Gasteiger partial charge on any atom is -0.496 e. The van der Waals surface area contributed by atoms with Crippen molar-refractivity contribution in [3.05, 3.63) is 28.8 Å². The molecule has 0 unspecified atom stereocenters. The molecule has 1 aliphatic carbocycles. The molecule has 0 aromatic carbocycles. The van der Waals surface area contributed by atoms with E-state index in [9.17, 15) is 0 Å². The van der Waals surface area contributed by atoms with E-state index in [0.717, 1.165) is 16.7 Å². The molecule has 0 fully saturated rings. The van der Waals surface area contributed by atoms with Crippen molar-refractivity contribution < 1.29 is 4.74 Å². The topological polar surface area (TPSA) is 9.23 Å². The van der Waals surface area contributed by atoms with Gasteiger partial charge in [0, 0.05) is 10.9 Å². The number of halogens is 1. The highest BCUT2D eigenvalue weighted by Gasteiger charge is 2.03. The monoisotopic (exact) mass is 187 g/mol. The number of allylic oxidation sites excluding steroid dienone is 3. The molecular formula is C7H8BrO. The van der Waals surface area contributed by atoms with Gasteiger partial charge in [0.05, 0.1) is 7.11 Å². The van der Waals surface area contributed by atoms with E-state index in [0.29, 0.717) is 0 Å². The molecule has 2 heteroatoms. The Morgan fingerprint density at radius 3 is 2.89 bits per heavy atom. The van der Waals surface area contributed by atoms with Crippen LogP contribution in [0.2, 0.25) is 0 Å². The summed E-state index contributed by atoms with van der Waals surface area (Å²) in [7, 11) is 1.67. The van der Waals surface area contributed by atoms with E-state index in [-0.39, 0.29) is 0 Å². The third-order valence-electron chi connectivity index (χ3n) is 1.16. The van der Waals surface area contributed by atoms with Crippen molar-refractivity contribution >= 4 is 15.9 Å². The fourth-order valence-electron chi connectivity index (χ4n) is 0.692. The summed E-state index contributed by atoms with van der Waals surface area (Å²) in [5.41, 5.74) is 0. The Labute approximate surface area is 63.5 Å². The van der Waals surface area contributed by atoms with Crippen LogP contribution in [-0.4, -0.2) is 7.11 Å². The summed E-state index contributed by atoms with van der Waals surface area (Å²) in [5, 5.41) is 0. The van der Waals surface area contributed by atoms with Gasteiger partial charge in [-0.05, 0) is 12.5 Å². The van der Waals surface area contributed by atoms with Gasteiger partial charge in [0.2, 0.25) is 0 Å². The Balaban J connectivity index is 2.72. The Hall–Kier alpha value is -0.240. The Kier molecular flexibility index (Phi) is 2.34. The zero-order chi connectivity index (χ0) is 6.69. The Bertz CT molecular complexity index is 158. The van der Waals surface area contributed by atoms with Gasteiger partial charge in [0.25, 0.3) is 0 Å². The first-order valence-corrected chi connectivity index (χ1v) is 3.57. The van der Waals surface area contributed by atoms with Crippen molar-refractivity contribution in [2.45, 2.75) is 6.42 Å². The normalized spacial score (nSPS) is 18.4. The van der Waals surface area contributed by atoms with Gasteiger partial charge in [0.1, 0.15) is 5.76 Å². The van der Waals surface area contributed by atoms with Crippen molar-refractivity contribution in [1.29, 1.82) is 0 Å². The van der Waals surface area contributed by atoms with E-state index >= 15 is 0 Å². The van der Waals surface area contributed by atoms with E-state index < -0.39 is 0 Å². The molecule has 0 atom stereocenters. The van der Waals surface area contributed by atoms with Crippen LogP contribution in [0.5, 0.6) is 0 Å². The van der Waals surface area contributed by atoms with Gasteiger partial charge >= 0.3 is 0 Å². The highest BCUT2D eigenvalue weighted by atomic mass is 79.9. The molecule has 0 aliphatic heterocycles. The summed E-state index contributed by atoms with van der Waals surface area (Å²) in [6.45, 7) is 0. The molecule has 49 valence electrons. The van der Waals surface area contributed by atoms with Crippen LogP contribution < -0.4 is 0 Å². The largest absolute Gasteiger partial charge is 0.496 e. The van der Waals surface area contributed by atoms with Crippen LogP contribution >= 0.6 is 15.9 Å². The summed E-state index contributed by atoms with van der Waals surface area (Å²) >= 11 is 3.36. The lowest BCUT2D eigenvalue weighted by Crippen LogP contribution is -1.91. The van der Waals surface area contributed by atoms with Crippen LogP contribution in [0, 0.1) is 6.42 Å². The molecule has 0 aromatic rings. The molecule has 0 saturated heterocycles. The second-order valence-corrected chi connectivity index (χ2v) is 2.61. The summed E-state index contributed by atoms with van der Waals surface area (Å²) in [5.74, 6) is 0.904. The van der Waals surface area contributed by atoms with Crippen molar-refractivity contribution in [2.75, 3.05) is 7.11 Å². The van der Waals surface area contributed by atoms with Crippen molar-refractivity contribution in [3.8, 4) is 0 Å². The maximum Gasteiger partial charge on any atom is 0.128 e. The molecule has 0 saturated carbocycles. The predicted molar refractivity (Wildman–Crippen MR) is 41.0 cm³/mol. The lowest BCUT2D eigenvalue weighted by Gasteiger charge is -2.07. The lowest BCUT2D eigenvalue weighted by atomic mass is 10.2. The maximum atomic E-state index is 5.02. The van der Waals surface area contributed by atoms with E-state index in [1.54, 1.807) is 7.11 Å². The van der Waals surface area contributed by atoms with Crippen LogP contribution in [0.25, 0.3) is 0 Å². The van der Waals surface area contributed by atoms with Crippen molar-refractivity contribution in [1.82, 2.24) is 0 Å². The molecule has 1 rings (SSSR count). The third kappa shape index (κ3) is 1.58. The van der Waals surface area contributed by atoms with Crippen LogP contribution in [0.15, 0.2) is 22.4 Å². The van der Waals surface area contributed by atoms with Crippen molar-refractivity contribution in [2.24, 2.45) is 0 Å². The summed E-state index contributed by atoms with van der Waals surface area (Å²) < 4.78 is 6.07. The van der Waals surface area contributed by atoms with Crippen LogP contribution in [0.1, 0.15) is 6.42 Å². The zero-order valence-corrected chi connectivity index (χ0v) is 6.81. The summed E-state index contributed by atoms with van der Waals surface area (Å²) in [4.78, 5) is 0. The fraction of sp³-hybridized carbons (Fsp3) is 0.286. The molecule has 0 bridgehead atoms. The van der Waals surface area contributed by atoms with E-state index in [2.05, 4.69) is 28.4 Å². The molecule has 0 amide bonds. The molecule has 0 heterocycles. The minimum absolute atomic E-state index is 0.904. The molecule has 1 nitrogen and oxygen atoms in total. The molecule has 0 N–H and O–H groups in total. The van der Waals surface area contributed by atoms with Crippen molar-refractivity contribution in [3.63, 3.8) is 0 Å². The average molecular weight is 188 g/mol. The Morgan fingerprint density at radius 2 is 2.44 bits per heavy atom.